The van der Waals surface area contributed by atoms with Crippen LogP contribution in [-0.4, -0.2) is 64.3 Å². The molecule has 0 bridgehead atoms. The van der Waals surface area contributed by atoms with Crippen molar-refractivity contribution >= 4 is 17.6 Å². The fourth-order valence-electron chi connectivity index (χ4n) is 5.05. The second kappa shape index (κ2) is 8.39. The number of likely N-dealkylation sites (tertiary alicyclic amines) is 1. The Kier molecular flexibility index (Phi) is 5.43. The maximum absolute atomic E-state index is 13.6. The predicted molar refractivity (Wildman–Crippen MR) is 116 cm³/mol. The monoisotopic (exact) mass is 434 g/mol. The SMILES string of the molecule is O=C1COC2CCN(C(=O)C(CC(=O)N3C=C4CC=CC=C4C3)Cc3ccc(O)cc3)C12. The third-order valence-electron chi connectivity index (χ3n) is 6.74. The Hall–Kier alpha value is -3.19. The molecule has 7 nitrogen and oxygen atoms in total. The molecule has 7 heteroatoms. The van der Waals surface area contributed by atoms with Crippen LogP contribution in [0.3, 0.4) is 0 Å². The van der Waals surface area contributed by atoms with E-state index in [-0.39, 0.29) is 42.5 Å². The van der Waals surface area contributed by atoms with Crippen LogP contribution in [0.1, 0.15) is 24.8 Å². The molecule has 0 saturated carbocycles. The summed E-state index contributed by atoms with van der Waals surface area (Å²) < 4.78 is 5.53. The zero-order chi connectivity index (χ0) is 22.2. The van der Waals surface area contributed by atoms with Gasteiger partial charge in [-0.15, -0.1) is 0 Å². The highest BCUT2D eigenvalue weighted by Gasteiger charge is 2.48. The summed E-state index contributed by atoms with van der Waals surface area (Å²) in [6, 6.07) is 6.15. The molecular weight excluding hydrogens is 408 g/mol. The Morgan fingerprint density at radius 3 is 2.78 bits per heavy atom. The van der Waals surface area contributed by atoms with Gasteiger partial charge in [0.05, 0.1) is 18.6 Å². The van der Waals surface area contributed by atoms with Gasteiger partial charge in [-0.2, -0.15) is 0 Å². The molecule has 0 aromatic heterocycles. The Bertz CT molecular complexity index is 1040. The molecule has 1 aromatic carbocycles. The van der Waals surface area contributed by atoms with Gasteiger partial charge < -0.3 is 19.6 Å². The molecule has 3 aliphatic heterocycles. The van der Waals surface area contributed by atoms with Crippen LogP contribution in [-0.2, 0) is 25.5 Å². The summed E-state index contributed by atoms with van der Waals surface area (Å²) in [7, 11) is 0. The van der Waals surface area contributed by atoms with E-state index >= 15 is 0 Å². The molecule has 1 N–H and O–H groups in total. The molecule has 166 valence electrons. The van der Waals surface area contributed by atoms with Crippen molar-refractivity contribution in [2.75, 3.05) is 19.7 Å². The number of amides is 2. The number of Topliss-reactive ketones (excluding diaryl/α,β-unsaturated/α-hetero) is 1. The predicted octanol–water partition coefficient (Wildman–Crippen LogP) is 2.12. The van der Waals surface area contributed by atoms with Crippen molar-refractivity contribution in [2.45, 2.75) is 37.8 Å². The molecule has 2 amide bonds. The molecule has 0 spiro atoms. The number of benzene rings is 1. The Balaban J connectivity index is 1.35. The van der Waals surface area contributed by atoms with E-state index in [4.69, 9.17) is 4.74 Å². The van der Waals surface area contributed by atoms with E-state index in [0.29, 0.717) is 25.9 Å². The maximum atomic E-state index is 13.6. The second-order valence-corrected chi connectivity index (χ2v) is 8.85. The number of ketones is 1. The molecule has 0 radical (unpaired) electrons. The minimum atomic E-state index is -0.590. The van der Waals surface area contributed by atoms with Crippen molar-refractivity contribution in [3.8, 4) is 5.75 Å². The van der Waals surface area contributed by atoms with Gasteiger partial charge in [-0.25, -0.2) is 0 Å². The maximum Gasteiger partial charge on any atom is 0.227 e. The largest absolute Gasteiger partial charge is 0.508 e. The van der Waals surface area contributed by atoms with Gasteiger partial charge in [0.15, 0.2) is 5.78 Å². The molecule has 1 aromatic rings. The number of rotatable bonds is 5. The highest BCUT2D eigenvalue weighted by molar-refractivity contribution is 5.94. The van der Waals surface area contributed by atoms with Crippen LogP contribution in [0, 0.1) is 5.92 Å². The van der Waals surface area contributed by atoms with E-state index in [9.17, 15) is 19.5 Å². The molecule has 1 aliphatic carbocycles. The lowest BCUT2D eigenvalue weighted by molar-refractivity contribution is -0.142. The minimum Gasteiger partial charge on any atom is -0.508 e. The topological polar surface area (TPSA) is 87.2 Å². The Morgan fingerprint density at radius 2 is 2.00 bits per heavy atom. The first-order valence-corrected chi connectivity index (χ1v) is 11.1. The molecule has 3 heterocycles. The number of fused-ring (bicyclic) bond motifs is 2. The molecule has 3 atom stereocenters. The van der Waals surface area contributed by atoms with Gasteiger partial charge in [-0.1, -0.05) is 30.4 Å². The van der Waals surface area contributed by atoms with Crippen LogP contribution < -0.4 is 0 Å². The van der Waals surface area contributed by atoms with Crippen LogP contribution in [0.5, 0.6) is 5.75 Å². The first-order valence-electron chi connectivity index (χ1n) is 11.1. The van der Waals surface area contributed by atoms with E-state index in [1.54, 1.807) is 34.1 Å². The first kappa shape index (κ1) is 20.7. The minimum absolute atomic E-state index is 0.0468. The lowest BCUT2D eigenvalue weighted by Gasteiger charge is -2.27. The Morgan fingerprint density at radius 1 is 1.19 bits per heavy atom. The molecular formula is C25H26N2O5. The number of carbonyl (C=O) groups is 3. The molecule has 32 heavy (non-hydrogen) atoms. The molecule has 2 fully saturated rings. The van der Waals surface area contributed by atoms with Crippen molar-refractivity contribution in [3.05, 3.63) is 65.4 Å². The summed E-state index contributed by atoms with van der Waals surface area (Å²) in [6.45, 7) is 1.04. The van der Waals surface area contributed by atoms with Crippen molar-refractivity contribution < 1.29 is 24.2 Å². The summed E-state index contributed by atoms with van der Waals surface area (Å²) in [4.78, 5) is 42.4. The van der Waals surface area contributed by atoms with Gasteiger partial charge in [0, 0.05) is 19.2 Å². The summed E-state index contributed by atoms with van der Waals surface area (Å²) in [5, 5.41) is 9.59. The van der Waals surface area contributed by atoms with Crippen molar-refractivity contribution in [1.29, 1.82) is 0 Å². The van der Waals surface area contributed by atoms with Crippen molar-refractivity contribution in [3.63, 3.8) is 0 Å². The average Bonchev–Trinajstić information content (AvgIpc) is 3.50. The first-order chi connectivity index (χ1) is 15.5. The van der Waals surface area contributed by atoms with Gasteiger partial charge in [0.1, 0.15) is 18.4 Å². The number of nitrogens with zero attached hydrogens (tertiary/aromatic N) is 2. The van der Waals surface area contributed by atoms with Crippen LogP contribution >= 0.6 is 0 Å². The number of allylic oxidation sites excluding steroid dienone is 3. The summed E-state index contributed by atoms with van der Waals surface area (Å²) in [5.41, 5.74) is 3.13. The van der Waals surface area contributed by atoms with Crippen LogP contribution in [0.15, 0.2) is 59.8 Å². The van der Waals surface area contributed by atoms with Gasteiger partial charge in [-0.05, 0) is 48.1 Å². The van der Waals surface area contributed by atoms with E-state index in [1.165, 1.54) is 0 Å². The number of phenols is 1. The quantitative estimate of drug-likeness (QED) is 0.767. The molecule has 3 unspecified atom stereocenters. The highest BCUT2D eigenvalue weighted by Crippen LogP contribution is 2.32. The highest BCUT2D eigenvalue weighted by atomic mass is 16.5. The third-order valence-corrected chi connectivity index (χ3v) is 6.74. The van der Waals surface area contributed by atoms with E-state index in [0.717, 1.165) is 23.1 Å². The van der Waals surface area contributed by atoms with Gasteiger partial charge in [0.2, 0.25) is 11.8 Å². The zero-order valence-corrected chi connectivity index (χ0v) is 17.8. The normalized spacial score (nSPS) is 24.8. The average molecular weight is 434 g/mol. The number of aromatic hydroxyl groups is 1. The lowest BCUT2D eigenvalue weighted by Crippen LogP contribution is -2.46. The van der Waals surface area contributed by atoms with Gasteiger partial charge in [-0.3, -0.25) is 14.4 Å². The van der Waals surface area contributed by atoms with E-state index in [1.807, 2.05) is 18.4 Å². The van der Waals surface area contributed by atoms with Crippen molar-refractivity contribution in [1.82, 2.24) is 9.80 Å². The van der Waals surface area contributed by atoms with Crippen molar-refractivity contribution in [2.24, 2.45) is 5.92 Å². The smallest absolute Gasteiger partial charge is 0.227 e. The number of hydrogen-bond donors (Lipinski definition) is 1. The third kappa shape index (κ3) is 3.88. The van der Waals surface area contributed by atoms with Gasteiger partial charge >= 0.3 is 0 Å². The Labute approximate surface area is 186 Å². The summed E-state index contributed by atoms with van der Waals surface area (Å²) in [6.07, 6.45) is 9.62. The standard InChI is InChI=1S/C25H26N2O5/c28-20-7-5-16(6-8-20)11-19(25(31)27-10-9-22-24(27)21(29)15-32-22)12-23(30)26-13-17-3-1-2-4-18(17)14-26/h1-3,5-8,14,19,22,24,28H,4,9-13,15H2. The number of carbonyl (C=O) groups excluding carboxylic acids is 3. The summed E-state index contributed by atoms with van der Waals surface area (Å²) >= 11 is 0. The fraction of sp³-hybridized carbons (Fsp3) is 0.400. The van der Waals surface area contributed by atoms with Crippen LogP contribution in [0.25, 0.3) is 0 Å². The molecule has 4 aliphatic rings. The van der Waals surface area contributed by atoms with Crippen LogP contribution in [0.2, 0.25) is 0 Å². The zero-order valence-electron chi connectivity index (χ0n) is 17.8. The molecule has 5 rings (SSSR count). The second-order valence-electron chi connectivity index (χ2n) is 8.85. The van der Waals surface area contributed by atoms with E-state index in [2.05, 4.69) is 6.08 Å². The summed E-state index contributed by atoms with van der Waals surface area (Å²) in [5.74, 6) is -0.787. The van der Waals surface area contributed by atoms with Crippen LogP contribution in [0.4, 0.5) is 0 Å². The number of hydrogen-bond acceptors (Lipinski definition) is 5. The van der Waals surface area contributed by atoms with E-state index < -0.39 is 12.0 Å². The fourth-order valence-corrected chi connectivity index (χ4v) is 5.05. The lowest BCUT2D eigenvalue weighted by atomic mass is 9.93. The molecule has 2 saturated heterocycles. The van der Waals surface area contributed by atoms with Gasteiger partial charge in [0.25, 0.3) is 0 Å². The number of ether oxygens (including phenoxy) is 1. The number of phenolic OH excluding ortho intramolecular Hbond substituents is 1.